The van der Waals surface area contributed by atoms with E-state index in [1.54, 1.807) is 19.3 Å². The molecule has 0 saturated carbocycles. The first-order valence-corrected chi connectivity index (χ1v) is 7.03. The second kappa shape index (κ2) is 5.82. The van der Waals surface area contributed by atoms with Crippen LogP contribution in [0.1, 0.15) is 39.4 Å². The molecule has 2 rings (SSSR count). The summed E-state index contributed by atoms with van der Waals surface area (Å²) in [5.74, 6) is -1.07. The van der Waals surface area contributed by atoms with E-state index in [0.29, 0.717) is 5.56 Å². The Labute approximate surface area is 124 Å². The van der Waals surface area contributed by atoms with E-state index in [0.717, 1.165) is 10.8 Å². The van der Waals surface area contributed by atoms with E-state index < -0.39 is 23.6 Å². The van der Waals surface area contributed by atoms with Crippen LogP contribution in [-0.2, 0) is 9.53 Å². The number of rotatable bonds is 3. The Hall–Kier alpha value is -1.94. The van der Waals surface area contributed by atoms with Gasteiger partial charge in [-0.25, -0.2) is 0 Å². The lowest BCUT2D eigenvalue weighted by molar-refractivity contribution is -0.163. The molecule has 0 bridgehead atoms. The van der Waals surface area contributed by atoms with Crippen molar-refractivity contribution in [3.05, 3.63) is 42.2 Å². The minimum atomic E-state index is -0.946. The quantitative estimate of drug-likeness (QED) is 0.880. The van der Waals surface area contributed by atoms with Gasteiger partial charge in [-0.05, 0) is 33.1 Å². The van der Waals surface area contributed by atoms with E-state index in [2.05, 4.69) is 4.98 Å². The molecule has 0 amide bonds. The number of nitrogens with zero attached hydrogens (tertiary/aromatic N) is 1. The predicted octanol–water partition coefficient (Wildman–Crippen LogP) is 3.25. The molecular formula is C17H21NO3. The van der Waals surface area contributed by atoms with Crippen molar-refractivity contribution in [3.63, 3.8) is 0 Å². The first-order chi connectivity index (χ1) is 9.79. The molecule has 2 atom stereocenters. The van der Waals surface area contributed by atoms with Crippen LogP contribution in [0.2, 0.25) is 0 Å². The molecule has 0 spiro atoms. The number of aliphatic hydroxyl groups is 1. The molecule has 2 aromatic rings. The number of aromatic nitrogens is 1. The summed E-state index contributed by atoms with van der Waals surface area (Å²) in [4.78, 5) is 16.2. The summed E-state index contributed by atoms with van der Waals surface area (Å²) in [6, 6.07) is 7.65. The normalized spacial score (nSPS) is 14.7. The molecule has 0 radical (unpaired) electrons. The highest BCUT2D eigenvalue weighted by molar-refractivity contribution is 5.85. The second-order valence-corrected chi connectivity index (χ2v) is 6.22. The topological polar surface area (TPSA) is 59.4 Å². The Bertz CT molecular complexity index is 641. The lowest BCUT2D eigenvalue weighted by Crippen LogP contribution is -2.30. The SMILES string of the molecule is CC(C(=O)OC(C)(C)C)C(O)c1cncc2ccccc12. The summed E-state index contributed by atoms with van der Waals surface area (Å²) in [6.45, 7) is 7.09. The molecule has 112 valence electrons. The van der Waals surface area contributed by atoms with Gasteiger partial charge in [-0.15, -0.1) is 0 Å². The van der Waals surface area contributed by atoms with E-state index in [4.69, 9.17) is 4.74 Å². The Morgan fingerprint density at radius 1 is 1.24 bits per heavy atom. The van der Waals surface area contributed by atoms with Crippen molar-refractivity contribution >= 4 is 16.7 Å². The number of aliphatic hydroxyl groups excluding tert-OH is 1. The standard InChI is InChI=1S/C17H21NO3/c1-11(16(20)21-17(2,3)4)15(19)14-10-18-9-12-7-5-6-8-13(12)14/h5-11,15,19H,1-4H3. The van der Waals surface area contributed by atoms with Crippen molar-refractivity contribution in [1.29, 1.82) is 0 Å². The van der Waals surface area contributed by atoms with Gasteiger partial charge in [0.25, 0.3) is 0 Å². The molecule has 2 unspecified atom stereocenters. The highest BCUT2D eigenvalue weighted by atomic mass is 16.6. The molecule has 0 fully saturated rings. The maximum Gasteiger partial charge on any atom is 0.312 e. The van der Waals surface area contributed by atoms with Crippen LogP contribution in [0.3, 0.4) is 0 Å². The highest BCUT2D eigenvalue weighted by Gasteiger charge is 2.29. The zero-order valence-electron chi connectivity index (χ0n) is 12.8. The van der Waals surface area contributed by atoms with E-state index >= 15 is 0 Å². The highest BCUT2D eigenvalue weighted by Crippen LogP contribution is 2.29. The fraction of sp³-hybridized carbons (Fsp3) is 0.412. The third-order valence-electron chi connectivity index (χ3n) is 3.27. The van der Waals surface area contributed by atoms with Crippen molar-refractivity contribution in [3.8, 4) is 0 Å². The van der Waals surface area contributed by atoms with Crippen molar-refractivity contribution < 1.29 is 14.6 Å². The molecule has 4 heteroatoms. The van der Waals surface area contributed by atoms with Gasteiger partial charge in [0.05, 0.1) is 12.0 Å². The van der Waals surface area contributed by atoms with Crippen molar-refractivity contribution in [2.75, 3.05) is 0 Å². The van der Waals surface area contributed by atoms with Gasteiger partial charge in [-0.1, -0.05) is 24.3 Å². The largest absolute Gasteiger partial charge is 0.460 e. The van der Waals surface area contributed by atoms with Gasteiger partial charge in [0.1, 0.15) is 5.60 Å². The van der Waals surface area contributed by atoms with E-state index in [9.17, 15) is 9.90 Å². The molecule has 0 aliphatic rings. The van der Waals surface area contributed by atoms with Crippen LogP contribution < -0.4 is 0 Å². The summed E-state index contributed by atoms with van der Waals surface area (Å²) in [7, 11) is 0. The fourth-order valence-electron chi connectivity index (χ4n) is 2.17. The maximum atomic E-state index is 12.1. The summed E-state index contributed by atoms with van der Waals surface area (Å²) in [6.07, 6.45) is 2.40. The van der Waals surface area contributed by atoms with Gasteiger partial charge >= 0.3 is 5.97 Å². The van der Waals surface area contributed by atoms with Crippen LogP contribution in [0.25, 0.3) is 10.8 Å². The second-order valence-electron chi connectivity index (χ2n) is 6.22. The smallest absolute Gasteiger partial charge is 0.312 e. The van der Waals surface area contributed by atoms with Gasteiger partial charge in [0.2, 0.25) is 0 Å². The van der Waals surface area contributed by atoms with Gasteiger partial charge in [0.15, 0.2) is 0 Å². The summed E-state index contributed by atoms with van der Waals surface area (Å²) in [5, 5.41) is 12.3. The van der Waals surface area contributed by atoms with Crippen LogP contribution in [0, 0.1) is 5.92 Å². The molecular weight excluding hydrogens is 266 g/mol. The van der Waals surface area contributed by atoms with E-state index in [-0.39, 0.29) is 0 Å². The van der Waals surface area contributed by atoms with Gasteiger partial charge < -0.3 is 9.84 Å². The third-order valence-corrected chi connectivity index (χ3v) is 3.27. The first-order valence-electron chi connectivity index (χ1n) is 7.03. The van der Waals surface area contributed by atoms with Gasteiger partial charge in [-0.2, -0.15) is 0 Å². The lowest BCUT2D eigenvalue weighted by Gasteiger charge is -2.25. The zero-order valence-corrected chi connectivity index (χ0v) is 12.8. The zero-order chi connectivity index (χ0) is 15.6. The number of fused-ring (bicyclic) bond motifs is 1. The fourth-order valence-corrected chi connectivity index (χ4v) is 2.17. The number of carbonyl (C=O) groups is 1. The molecule has 4 nitrogen and oxygen atoms in total. The Morgan fingerprint density at radius 2 is 1.90 bits per heavy atom. The van der Waals surface area contributed by atoms with Crippen LogP contribution >= 0.6 is 0 Å². The number of hydrogen-bond donors (Lipinski definition) is 1. The molecule has 1 heterocycles. The van der Waals surface area contributed by atoms with Crippen LogP contribution in [0.15, 0.2) is 36.7 Å². The third kappa shape index (κ3) is 3.58. The Morgan fingerprint density at radius 3 is 2.57 bits per heavy atom. The monoisotopic (exact) mass is 287 g/mol. The summed E-state index contributed by atoms with van der Waals surface area (Å²) in [5.41, 5.74) is 0.0775. The number of ether oxygens (including phenoxy) is 1. The molecule has 0 aliphatic carbocycles. The number of hydrogen-bond acceptors (Lipinski definition) is 4. The number of carbonyl (C=O) groups excluding carboxylic acids is 1. The number of benzene rings is 1. The van der Waals surface area contributed by atoms with Crippen molar-refractivity contribution in [2.24, 2.45) is 5.92 Å². The van der Waals surface area contributed by atoms with Crippen LogP contribution in [0.5, 0.6) is 0 Å². The minimum absolute atomic E-state index is 0.414. The van der Waals surface area contributed by atoms with Gasteiger partial charge in [0, 0.05) is 23.3 Å². The maximum absolute atomic E-state index is 12.1. The Balaban J connectivity index is 2.30. The minimum Gasteiger partial charge on any atom is -0.460 e. The average Bonchev–Trinajstić information content (AvgIpc) is 2.43. The van der Waals surface area contributed by atoms with E-state index in [1.165, 1.54) is 0 Å². The summed E-state index contributed by atoms with van der Waals surface area (Å²) >= 11 is 0. The molecule has 1 aromatic carbocycles. The first kappa shape index (κ1) is 15.4. The van der Waals surface area contributed by atoms with Crippen LogP contribution in [0.4, 0.5) is 0 Å². The average molecular weight is 287 g/mol. The van der Waals surface area contributed by atoms with Crippen molar-refractivity contribution in [1.82, 2.24) is 4.98 Å². The van der Waals surface area contributed by atoms with Crippen LogP contribution in [-0.4, -0.2) is 21.7 Å². The molecule has 1 N–H and O–H groups in total. The molecule has 0 saturated heterocycles. The molecule has 21 heavy (non-hydrogen) atoms. The van der Waals surface area contributed by atoms with Crippen molar-refractivity contribution in [2.45, 2.75) is 39.4 Å². The summed E-state index contributed by atoms with van der Waals surface area (Å²) < 4.78 is 5.33. The van der Waals surface area contributed by atoms with Gasteiger partial charge in [-0.3, -0.25) is 9.78 Å². The van der Waals surface area contributed by atoms with E-state index in [1.807, 2.05) is 45.0 Å². The number of pyridine rings is 1. The Kier molecular flexibility index (Phi) is 4.28. The number of esters is 1. The molecule has 0 aliphatic heterocycles. The predicted molar refractivity (Wildman–Crippen MR) is 81.7 cm³/mol. The molecule has 1 aromatic heterocycles. The lowest BCUT2D eigenvalue weighted by atomic mass is 9.94.